The van der Waals surface area contributed by atoms with Crippen LogP contribution in [0.25, 0.3) is 0 Å². The fraction of sp³-hybridized carbons (Fsp3) is 0.792. The molecule has 0 saturated heterocycles. The maximum atomic E-state index is 12.0. The lowest BCUT2D eigenvalue weighted by Gasteiger charge is -2.50. The first-order valence-electron chi connectivity index (χ1n) is 10.4. The van der Waals surface area contributed by atoms with Crippen molar-refractivity contribution in [1.29, 1.82) is 0 Å². The highest BCUT2D eigenvalue weighted by molar-refractivity contribution is 5.82. The van der Waals surface area contributed by atoms with Crippen molar-refractivity contribution >= 4 is 5.78 Å². The van der Waals surface area contributed by atoms with Gasteiger partial charge in [0, 0.05) is 5.41 Å². The predicted molar refractivity (Wildman–Crippen MR) is 109 cm³/mol. The van der Waals surface area contributed by atoms with Gasteiger partial charge < -0.3 is 0 Å². The van der Waals surface area contributed by atoms with E-state index in [4.69, 9.17) is 0 Å². The molecule has 142 valence electrons. The fourth-order valence-electron chi connectivity index (χ4n) is 5.13. The summed E-state index contributed by atoms with van der Waals surface area (Å²) >= 11 is 0. The second kappa shape index (κ2) is 7.80. The molecule has 1 saturated carbocycles. The summed E-state index contributed by atoms with van der Waals surface area (Å²) in [5.41, 5.74) is 3.49. The van der Waals surface area contributed by atoms with E-state index in [2.05, 4.69) is 53.7 Å². The highest BCUT2D eigenvalue weighted by Crippen LogP contribution is 2.55. The summed E-state index contributed by atoms with van der Waals surface area (Å²) in [6, 6.07) is 0. The minimum atomic E-state index is -0.101. The van der Waals surface area contributed by atoms with E-state index in [-0.39, 0.29) is 5.41 Å². The molecule has 1 fully saturated rings. The van der Waals surface area contributed by atoms with Crippen molar-refractivity contribution < 1.29 is 4.79 Å². The van der Waals surface area contributed by atoms with E-state index in [0.717, 1.165) is 18.8 Å². The minimum absolute atomic E-state index is 0.101. The molecule has 0 radical (unpaired) electrons. The lowest BCUT2D eigenvalue weighted by atomic mass is 9.53. The molecule has 4 unspecified atom stereocenters. The molecule has 1 heteroatoms. The Balaban J connectivity index is 0.000000236. The Morgan fingerprint density at radius 2 is 1.88 bits per heavy atom. The summed E-state index contributed by atoms with van der Waals surface area (Å²) in [6.07, 6.45) is 13.7. The van der Waals surface area contributed by atoms with Gasteiger partial charge in [0.05, 0.1) is 0 Å². The summed E-state index contributed by atoms with van der Waals surface area (Å²) in [6.45, 7) is 15.5. The van der Waals surface area contributed by atoms with E-state index in [9.17, 15) is 4.79 Å². The average molecular weight is 345 g/mol. The molecule has 4 atom stereocenters. The van der Waals surface area contributed by atoms with Crippen LogP contribution < -0.4 is 0 Å². The molecular formula is C24H40O. The molecule has 0 bridgehead atoms. The first-order valence-corrected chi connectivity index (χ1v) is 10.4. The van der Waals surface area contributed by atoms with Gasteiger partial charge in [0.1, 0.15) is 5.78 Å². The normalized spacial score (nSPS) is 37.0. The third-order valence-electron chi connectivity index (χ3n) is 7.45. The number of carbonyl (C=O) groups is 1. The van der Waals surface area contributed by atoms with Crippen LogP contribution in [-0.4, -0.2) is 5.78 Å². The van der Waals surface area contributed by atoms with Gasteiger partial charge in [0.25, 0.3) is 0 Å². The van der Waals surface area contributed by atoms with Crippen LogP contribution in [-0.2, 0) is 4.79 Å². The first-order chi connectivity index (χ1) is 11.6. The molecule has 0 amide bonds. The zero-order valence-electron chi connectivity index (χ0n) is 17.7. The zero-order valence-corrected chi connectivity index (χ0v) is 17.7. The van der Waals surface area contributed by atoms with Crippen molar-refractivity contribution in [1.82, 2.24) is 0 Å². The van der Waals surface area contributed by atoms with Crippen LogP contribution in [0.2, 0.25) is 0 Å². The van der Waals surface area contributed by atoms with Gasteiger partial charge in [-0.05, 0) is 82.0 Å². The lowest BCUT2D eigenvalue weighted by molar-refractivity contribution is -0.131. The number of carbonyl (C=O) groups excluding carboxylic acids is 1. The van der Waals surface area contributed by atoms with Crippen LogP contribution in [0.5, 0.6) is 0 Å². The van der Waals surface area contributed by atoms with Crippen LogP contribution >= 0.6 is 0 Å². The molecule has 0 aromatic rings. The zero-order chi connectivity index (χ0) is 18.8. The highest BCUT2D eigenvalue weighted by Gasteiger charge is 2.48. The molecule has 0 aromatic carbocycles. The number of Topliss-reactive ketones (excluding diaryl/α,β-unsaturated/α-hetero) is 1. The van der Waals surface area contributed by atoms with Crippen molar-refractivity contribution in [3.63, 3.8) is 0 Å². The van der Waals surface area contributed by atoms with Gasteiger partial charge in [-0.25, -0.2) is 0 Å². The van der Waals surface area contributed by atoms with E-state index in [0.29, 0.717) is 23.0 Å². The van der Waals surface area contributed by atoms with Crippen LogP contribution in [0.15, 0.2) is 23.3 Å². The highest BCUT2D eigenvalue weighted by atomic mass is 16.1. The topological polar surface area (TPSA) is 17.1 Å². The molecule has 3 aliphatic rings. The van der Waals surface area contributed by atoms with Gasteiger partial charge in [-0.2, -0.15) is 0 Å². The Kier molecular flexibility index (Phi) is 6.39. The number of hydrogen-bond acceptors (Lipinski definition) is 1. The largest absolute Gasteiger partial charge is 0.299 e. The van der Waals surface area contributed by atoms with Gasteiger partial charge >= 0.3 is 0 Å². The van der Waals surface area contributed by atoms with Gasteiger partial charge in [-0.15, -0.1) is 0 Å². The first kappa shape index (κ1) is 20.5. The number of fused-ring (bicyclic) bond motifs is 1. The lowest BCUT2D eigenvalue weighted by Crippen LogP contribution is -2.44. The molecule has 0 heterocycles. The minimum Gasteiger partial charge on any atom is -0.299 e. The summed E-state index contributed by atoms with van der Waals surface area (Å²) in [7, 11) is 0. The van der Waals surface area contributed by atoms with Crippen molar-refractivity contribution in [2.75, 3.05) is 0 Å². The van der Waals surface area contributed by atoms with E-state index >= 15 is 0 Å². The van der Waals surface area contributed by atoms with E-state index in [1.54, 1.807) is 18.1 Å². The molecule has 0 spiro atoms. The Morgan fingerprint density at radius 3 is 2.40 bits per heavy atom. The molecule has 0 aliphatic heterocycles. The third-order valence-corrected chi connectivity index (χ3v) is 7.45. The second-order valence-corrected chi connectivity index (χ2v) is 10.0. The maximum absolute atomic E-state index is 12.0. The van der Waals surface area contributed by atoms with Crippen LogP contribution in [0.4, 0.5) is 0 Å². The van der Waals surface area contributed by atoms with Crippen LogP contribution in [0.3, 0.4) is 0 Å². The maximum Gasteiger partial charge on any atom is 0.135 e. The van der Waals surface area contributed by atoms with Crippen molar-refractivity contribution in [3.8, 4) is 0 Å². The number of rotatable bonds is 1. The van der Waals surface area contributed by atoms with Gasteiger partial charge in [0.15, 0.2) is 0 Å². The van der Waals surface area contributed by atoms with E-state index in [1.165, 1.54) is 32.1 Å². The van der Waals surface area contributed by atoms with Crippen molar-refractivity contribution in [2.45, 2.75) is 93.4 Å². The average Bonchev–Trinajstić information content (AvgIpc) is 2.49. The summed E-state index contributed by atoms with van der Waals surface area (Å²) in [5.74, 6) is 2.35. The van der Waals surface area contributed by atoms with Gasteiger partial charge in [-0.3, -0.25) is 4.79 Å². The third kappa shape index (κ3) is 4.66. The summed E-state index contributed by atoms with van der Waals surface area (Å²) in [4.78, 5) is 12.0. The Labute approximate surface area is 156 Å². The Hall–Kier alpha value is -0.850. The van der Waals surface area contributed by atoms with Gasteiger partial charge in [0.2, 0.25) is 0 Å². The summed E-state index contributed by atoms with van der Waals surface area (Å²) in [5, 5.41) is 0. The van der Waals surface area contributed by atoms with E-state index < -0.39 is 0 Å². The predicted octanol–water partition coefficient (Wildman–Crippen LogP) is 7.13. The number of ketones is 1. The quantitative estimate of drug-likeness (QED) is 0.462. The second-order valence-electron chi connectivity index (χ2n) is 10.0. The molecular weight excluding hydrogens is 304 g/mol. The molecule has 25 heavy (non-hydrogen) atoms. The molecule has 0 aromatic heterocycles. The number of allylic oxidation sites excluding steroid dienone is 4. The Morgan fingerprint density at radius 1 is 1.20 bits per heavy atom. The van der Waals surface area contributed by atoms with Gasteiger partial charge in [-0.1, -0.05) is 57.9 Å². The standard InChI is InChI=1S/C16H26O.C8H14/c1-11-9-13-7-6-8-15(3,4)14(13)10-16(11,5)12(2)17;1-7-4-3-5-8(2)6-7/h7,11,14H,6,8-10H2,1-5H3;6-7H,3-5H2,1-2H3. The van der Waals surface area contributed by atoms with Crippen LogP contribution in [0.1, 0.15) is 93.4 Å². The molecule has 3 rings (SSSR count). The SMILES string of the molecule is CC(=O)C1(C)CC2C(=CCCC2(C)C)CC1C.CC1=CC(C)CCC1. The van der Waals surface area contributed by atoms with Crippen molar-refractivity contribution in [3.05, 3.63) is 23.3 Å². The molecule has 3 aliphatic carbocycles. The molecule has 0 N–H and O–H groups in total. The van der Waals surface area contributed by atoms with Crippen molar-refractivity contribution in [2.24, 2.45) is 28.6 Å². The van der Waals surface area contributed by atoms with E-state index in [1.807, 2.05) is 0 Å². The summed E-state index contributed by atoms with van der Waals surface area (Å²) < 4.78 is 0. The Bertz CT molecular complexity index is 550. The fourth-order valence-corrected chi connectivity index (χ4v) is 5.13. The monoisotopic (exact) mass is 344 g/mol. The smallest absolute Gasteiger partial charge is 0.135 e. The molecule has 1 nitrogen and oxygen atoms in total. The van der Waals surface area contributed by atoms with Crippen LogP contribution in [0, 0.1) is 28.6 Å². The number of hydrogen-bond donors (Lipinski definition) is 0.